The van der Waals surface area contributed by atoms with Crippen molar-refractivity contribution in [1.29, 1.82) is 0 Å². The zero-order valence-electron chi connectivity index (χ0n) is 13.3. The number of non-ortho nitro benzene ring substituents is 1. The summed E-state index contributed by atoms with van der Waals surface area (Å²) < 4.78 is 0. The second-order valence-electron chi connectivity index (χ2n) is 5.77. The summed E-state index contributed by atoms with van der Waals surface area (Å²) in [4.78, 5) is 15.8. The Morgan fingerprint density at radius 2 is 1.60 bits per heavy atom. The molecule has 0 saturated heterocycles. The predicted molar refractivity (Wildman–Crippen MR) is 99.7 cm³/mol. The molecule has 4 aromatic rings. The van der Waals surface area contributed by atoms with Gasteiger partial charge in [0, 0.05) is 18.0 Å². The number of rotatable bonds is 4. The molecule has 0 aliphatic heterocycles. The Hall–Kier alpha value is -3.47. The average molecular weight is 329 g/mol. The predicted octanol–water partition coefficient (Wildman–Crippen LogP) is 4.91. The molecule has 4 rings (SSSR count). The van der Waals surface area contributed by atoms with E-state index in [9.17, 15) is 10.1 Å². The van der Waals surface area contributed by atoms with Gasteiger partial charge in [-0.1, -0.05) is 54.6 Å². The number of nitrogens with zero attached hydrogens (tertiary/aromatic N) is 2. The van der Waals surface area contributed by atoms with Crippen molar-refractivity contribution in [3.63, 3.8) is 0 Å². The Morgan fingerprint density at radius 1 is 0.880 bits per heavy atom. The molecule has 1 heterocycles. The summed E-state index contributed by atoms with van der Waals surface area (Å²) in [7, 11) is 0. The van der Waals surface area contributed by atoms with Crippen LogP contribution in [0.4, 0.5) is 11.4 Å². The van der Waals surface area contributed by atoms with Gasteiger partial charge in [0.2, 0.25) is 0 Å². The molecular formula is C20H15N3O2. The van der Waals surface area contributed by atoms with Gasteiger partial charge >= 0.3 is 0 Å². The van der Waals surface area contributed by atoms with Gasteiger partial charge in [0.25, 0.3) is 5.69 Å². The largest absolute Gasteiger partial charge is 0.380 e. The van der Waals surface area contributed by atoms with Crippen molar-refractivity contribution in [1.82, 2.24) is 4.98 Å². The third-order valence-electron chi connectivity index (χ3n) is 4.19. The van der Waals surface area contributed by atoms with Crippen LogP contribution in [0.1, 0.15) is 5.56 Å². The molecular weight excluding hydrogens is 314 g/mol. The monoisotopic (exact) mass is 329 g/mol. The summed E-state index contributed by atoms with van der Waals surface area (Å²) in [6.07, 6.45) is 0. The Bertz CT molecular complexity index is 1080. The lowest BCUT2D eigenvalue weighted by atomic mass is 10.1. The van der Waals surface area contributed by atoms with E-state index in [0.29, 0.717) is 17.4 Å². The number of nitrogens with one attached hydrogen (secondary N) is 1. The zero-order chi connectivity index (χ0) is 17.2. The molecule has 0 fully saturated rings. The summed E-state index contributed by atoms with van der Waals surface area (Å²) in [5, 5.41) is 16.3. The Labute approximate surface area is 144 Å². The van der Waals surface area contributed by atoms with Gasteiger partial charge in [0.15, 0.2) is 0 Å². The van der Waals surface area contributed by atoms with Crippen LogP contribution in [0.15, 0.2) is 72.8 Å². The lowest BCUT2D eigenvalue weighted by Gasteiger charge is -2.13. The van der Waals surface area contributed by atoms with Crippen LogP contribution in [0.5, 0.6) is 0 Å². The van der Waals surface area contributed by atoms with Gasteiger partial charge in [-0.25, -0.2) is 4.98 Å². The van der Waals surface area contributed by atoms with Crippen molar-refractivity contribution in [2.24, 2.45) is 0 Å². The van der Waals surface area contributed by atoms with Crippen molar-refractivity contribution in [3.05, 3.63) is 88.5 Å². The molecule has 25 heavy (non-hydrogen) atoms. The molecule has 0 spiro atoms. The first-order valence-corrected chi connectivity index (χ1v) is 7.98. The van der Waals surface area contributed by atoms with Gasteiger partial charge in [0.1, 0.15) is 5.39 Å². The molecule has 5 heteroatoms. The first-order valence-electron chi connectivity index (χ1n) is 7.98. The van der Waals surface area contributed by atoms with E-state index in [-0.39, 0.29) is 10.6 Å². The number of hydrogen-bond donors (Lipinski definition) is 1. The highest BCUT2D eigenvalue weighted by Crippen LogP contribution is 2.36. The molecule has 0 amide bonds. The molecule has 5 nitrogen and oxygen atoms in total. The second-order valence-corrected chi connectivity index (χ2v) is 5.77. The van der Waals surface area contributed by atoms with E-state index in [0.717, 1.165) is 22.2 Å². The van der Waals surface area contributed by atoms with Crippen molar-refractivity contribution >= 4 is 33.2 Å². The second kappa shape index (κ2) is 6.20. The van der Waals surface area contributed by atoms with Crippen LogP contribution < -0.4 is 5.32 Å². The van der Waals surface area contributed by atoms with Crippen LogP contribution in [0, 0.1) is 10.1 Å². The van der Waals surface area contributed by atoms with Gasteiger partial charge in [-0.15, -0.1) is 0 Å². The van der Waals surface area contributed by atoms with Gasteiger partial charge in [0.05, 0.1) is 21.6 Å². The fourth-order valence-electron chi connectivity index (χ4n) is 3.05. The number of hydrogen-bond acceptors (Lipinski definition) is 4. The lowest BCUT2D eigenvalue weighted by molar-refractivity contribution is -0.383. The summed E-state index contributed by atoms with van der Waals surface area (Å²) >= 11 is 0. The molecule has 0 unspecified atom stereocenters. The average Bonchev–Trinajstić information content (AvgIpc) is 2.65. The highest BCUT2D eigenvalue weighted by molar-refractivity contribution is 6.11. The summed E-state index contributed by atoms with van der Waals surface area (Å²) in [5.74, 6) is 0. The lowest BCUT2D eigenvalue weighted by Crippen LogP contribution is -2.03. The van der Waals surface area contributed by atoms with Crippen LogP contribution in [-0.2, 0) is 6.54 Å². The van der Waals surface area contributed by atoms with Crippen molar-refractivity contribution in [2.75, 3.05) is 5.32 Å². The molecule has 0 aliphatic carbocycles. The van der Waals surface area contributed by atoms with Crippen LogP contribution in [-0.4, -0.2) is 9.91 Å². The van der Waals surface area contributed by atoms with Crippen LogP contribution in [0.25, 0.3) is 21.8 Å². The highest BCUT2D eigenvalue weighted by atomic mass is 16.6. The number of benzene rings is 3. The topological polar surface area (TPSA) is 68.1 Å². The quantitative estimate of drug-likeness (QED) is 0.328. The van der Waals surface area contributed by atoms with Gasteiger partial charge < -0.3 is 5.32 Å². The molecule has 0 atom stereocenters. The van der Waals surface area contributed by atoms with Crippen molar-refractivity contribution in [3.8, 4) is 0 Å². The standard InChI is InChI=1S/C20H15N3O2/c24-23(25)18-12-6-11-17-19(18)20(15-9-4-5-10-16(15)22-17)21-13-14-7-2-1-3-8-14/h1-12H,13H2,(H,21,22). The molecule has 1 aromatic heterocycles. The maximum absolute atomic E-state index is 11.5. The molecule has 0 bridgehead atoms. The molecule has 0 saturated carbocycles. The minimum atomic E-state index is -0.355. The maximum Gasteiger partial charge on any atom is 0.280 e. The third-order valence-corrected chi connectivity index (χ3v) is 4.19. The van der Waals surface area contributed by atoms with Crippen LogP contribution in [0.3, 0.4) is 0 Å². The number of para-hydroxylation sites is 1. The van der Waals surface area contributed by atoms with E-state index < -0.39 is 0 Å². The van der Waals surface area contributed by atoms with E-state index in [1.54, 1.807) is 6.07 Å². The number of nitro benzene ring substituents is 1. The smallest absolute Gasteiger partial charge is 0.280 e. The Kier molecular flexibility index (Phi) is 3.74. The first-order chi connectivity index (χ1) is 12.2. The molecule has 3 aromatic carbocycles. The van der Waals surface area contributed by atoms with Gasteiger partial charge in [-0.05, 0) is 17.7 Å². The van der Waals surface area contributed by atoms with Crippen LogP contribution >= 0.6 is 0 Å². The number of aromatic nitrogens is 1. The van der Waals surface area contributed by atoms with E-state index in [4.69, 9.17) is 0 Å². The summed E-state index contributed by atoms with van der Waals surface area (Å²) in [6, 6.07) is 22.6. The zero-order valence-corrected chi connectivity index (χ0v) is 13.3. The number of pyridine rings is 1. The van der Waals surface area contributed by atoms with E-state index >= 15 is 0 Å². The van der Waals surface area contributed by atoms with Gasteiger partial charge in [-0.2, -0.15) is 0 Å². The first kappa shape index (κ1) is 15.1. The third kappa shape index (κ3) is 2.76. The van der Waals surface area contributed by atoms with E-state index in [1.165, 1.54) is 6.07 Å². The summed E-state index contributed by atoms with van der Waals surface area (Å²) in [5.41, 5.74) is 3.34. The molecule has 0 radical (unpaired) electrons. The number of nitro groups is 1. The fourth-order valence-corrected chi connectivity index (χ4v) is 3.05. The maximum atomic E-state index is 11.5. The molecule has 0 aliphatic rings. The van der Waals surface area contributed by atoms with Crippen molar-refractivity contribution in [2.45, 2.75) is 6.54 Å². The van der Waals surface area contributed by atoms with E-state index in [1.807, 2.05) is 60.7 Å². The van der Waals surface area contributed by atoms with E-state index in [2.05, 4.69) is 10.3 Å². The highest BCUT2D eigenvalue weighted by Gasteiger charge is 2.18. The number of anilines is 1. The fraction of sp³-hybridized carbons (Fsp3) is 0.0500. The van der Waals surface area contributed by atoms with Crippen LogP contribution in [0.2, 0.25) is 0 Å². The minimum Gasteiger partial charge on any atom is -0.380 e. The normalized spacial score (nSPS) is 10.9. The Morgan fingerprint density at radius 3 is 2.40 bits per heavy atom. The van der Waals surface area contributed by atoms with Crippen molar-refractivity contribution < 1.29 is 4.92 Å². The molecule has 122 valence electrons. The number of fused-ring (bicyclic) bond motifs is 2. The van der Waals surface area contributed by atoms with Gasteiger partial charge in [-0.3, -0.25) is 10.1 Å². The Balaban J connectivity index is 1.95. The minimum absolute atomic E-state index is 0.0614. The molecule has 1 N–H and O–H groups in total. The summed E-state index contributed by atoms with van der Waals surface area (Å²) in [6.45, 7) is 0.579. The SMILES string of the molecule is O=[N+]([O-])c1cccc2nc3ccccc3c(NCc3ccccc3)c12.